The van der Waals surface area contributed by atoms with E-state index in [1.807, 2.05) is 19.1 Å². The van der Waals surface area contributed by atoms with E-state index in [1.165, 1.54) is 11.6 Å². The summed E-state index contributed by atoms with van der Waals surface area (Å²) < 4.78 is 30.6. The standard InChI is InChI=1S/C23H28FN3O3/c1-2-25-22(26-14-17-5-3-4-6-19(17)24)27-15-23(9-11-28-12-10-23)18-7-8-20-21(13-18)30-16-29-20/h3-8,13H,2,9-12,14-16H2,1H3,(H2,25,26,27). The zero-order chi connectivity index (χ0) is 20.8. The average molecular weight is 413 g/mol. The van der Waals surface area contributed by atoms with Gasteiger partial charge in [0.2, 0.25) is 6.79 Å². The highest BCUT2D eigenvalue weighted by molar-refractivity contribution is 5.79. The molecule has 0 unspecified atom stereocenters. The molecule has 1 saturated heterocycles. The van der Waals surface area contributed by atoms with Gasteiger partial charge in [-0.2, -0.15) is 0 Å². The molecule has 0 atom stereocenters. The summed E-state index contributed by atoms with van der Waals surface area (Å²) in [5.41, 5.74) is 1.67. The summed E-state index contributed by atoms with van der Waals surface area (Å²) in [7, 11) is 0. The fraction of sp³-hybridized carbons (Fsp3) is 0.435. The Morgan fingerprint density at radius 1 is 1.07 bits per heavy atom. The summed E-state index contributed by atoms with van der Waals surface area (Å²) in [6.45, 7) is 5.39. The van der Waals surface area contributed by atoms with Crippen molar-refractivity contribution in [1.82, 2.24) is 10.6 Å². The van der Waals surface area contributed by atoms with Gasteiger partial charge < -0.3 is 24.8 Å². The van der Waals surface area contributed by atoms with E-state index >= 15 is 0 Å². The van der Waals surface area contributed by atoms with Gasteiger partial charge in [-0.25, -0.2) is 9.38 Å². The van der Waals surface area contributed by atoms with E-state index in [9.17, 15) is 4.39 Å². The van der Waals surface area contributed by atoms with Crippen LogP contribution in [0.2, 0.25) is 0 Å². The highest BCUT2D eigenvalue weighted by Gasteiger charge is 2.35. The van der Waals surface area contributed by atoms with Crippen molar-refractivity contribution in [3.63, 3.8) is 0 Å². The molecule has 0 aromatic heterocycles. The van der Waals surface area contributed by atoms with Crippen LogP contribution < -0.4 is 20.1 Å². The van der Waals surface area contributed by atoms with Gasteiger partial charge in [0.1, 0.15) is 5.82 Å². The second-order valence-corrected chi connectivity index (χ2v) is 7.60. The third kappa shape index (κ3) is 4.51. The Kier molecular flexibility index (Phi) is 6.38. The maximum Gasteiger partial charge on any atom is 0.231 e. The SMILES string of the molecule is CCNC(=NCc1ccccc1F)NCC1(c2ccc3c(c2)OCO3)CCOCC1. The second-order valence-electron chi connectivity index (χ2n) is 7.60. The van der Waals surface area contributed by atoms with Gasteiger partial charge in [-0.15, -0.1) is 0 Å². The highest BCUT2D eigenvalue weighted by atomic mass is 19.1. The van der Waals surface area contributed by atoms with E-state index < -0.39 is 0 Å². The number of nitrogens with zero attached hydrogens (tertiary/aromatic N) is 1. The summed E-state index contributed by atoms with van der Waals surface area (Å²) in [4.78, 5) is 4.59. The van der Waals surface area contributed by atoms with Crippen molar-refractivity contribution in [2.75, 3.05) is 33.1 Å². The molecule has 1 fully saturated rings. The van der Waals surface area contributed by atoms with Crippen LogP contribution in [0.3, 0.4) is 0 Å². The van der Waals surface area contributed by atoms with Crippen molar-refractivity contribution < 1.29 is 18.6 Å². The topological polar surface area (TPSA) is 64.1 Å². The van der Waals surface area contributed by atoms with E-state index in [4.69, 9.17) is 14.2 Å². The van der Waals surface area contributed by atoms with Crippen LogP contribution in [0.5, 0.6) is 11.5 Å². The minimum atomic E-state index is -0.238. The lowest BCUT2D eigenvalue weighted by Gasteiger charge is -2.38. The predicted octanol–water partition coefficient (Wildman–Crippen LogP) is 3.36. The van der Waals surface area contributed by atoms with E-state index in [-0.39, 0.29) is 24.6 Å². The van der Waals surface area contributed by atoms with Crippen LogP contribution in [0, 0.1) is 5.82 Å². The molecule has 7 heteroatoms. The Morgan fingerprint density at radius 2 is 1.87 bits per heavy atom. The van der Waals surface area contributed by atoms with Crippen LogP contribution in [0.1, 0.15) is 30.9 Å². The van der Waals surface area contributed by atoms with Crippen LogP contribution in [-0.2, 0) is 16.7 Å². The second kappa shape index (κ2) is 9.34. The largest absolute Gasteiger partial charge is 0.454 e. The Bertz CT molecular complexity index is 897. The normalized spacial score (nSPS) is 17.6. The molecule has 30 heavy (non-hydrogen) atoms. The minimum Gasteiger partial charge on any atom is -0.454 e. The maximum absolute atomic E-state index is 13.9. The number of fused-ring (bicyclic) bond motifs is 1. The van der Waals surface area contributed by atoms with Crippen molar-refractivity contribution in [1.29, 1.82) is 0 Å². The fourth-order valence-electron chi connectivity index (χ4n) is 3.94. The molecule has 2 N–H and O–H groups in total. The van der Waals surface area contributed by atoms with E-state index in [0.717, 1.165) is 30.9 Å². The first-order chi connectivity index (χ1) is 14.7. The summed E-state index contributed by atoms with van der Waals surface area (Å²) >= 11 is 0. The summed E-state index contributed by atoms with van der Waals surface area (Å²) in [5, 5.41) is 6.74. The number of halogens is 1. The number of ether oxygens (including phenoxy) is 3. The number of nitrogens with one attached hydrogen (secondary N) is 2. The Morgan fingerprint density at radius 3 is 2.67 bits per heavy atom. The number of aliphatic imine (C=N–C) groups is 1. The maximum atomic E-state index is 13.9. The zero-order valence-corrected chi connectivity index (χ0v) is 17.2. The average Bonchev–Trinajstić information content (AvgIpc) is 3.25. The molecule has 2 aromatic rings. The van der Waals surface area contributed by atoms with Gasteiger partial charge in [-0.3, -0.25) is 0 Å². The molecular weight excluding hydrogens is 385 g/mol. The molecule has 4 rings (SSSR count). The number of guanidine groups is 1. The third-order valence-corrected chi connectivity index (χ3v) is 5.74. The lowest BCUT2D eigenvalue weighted by Crippen LogP contribution is -2.48. The molecule has 0 amide bonds. The van der Waals surface area contributed by atoms with Gasteiger partial charge in [0.05, 0.1) is 6.54 Å². The molecule has 6 nitrogen and oxygen atoms in total. The monoisotopic (exact) mass is 413 g/mol. The third-order valence-electron chi connectivity index (χ3n) is 5.74. The summed E-state index contributed by atoms with van der Waals surface area (Å²) in [6, 6.07) is 12.9. The number of rotatable bonds is 6. The Hall–Kier alpha value is -2.80. The highest BCUT2D eigenvalue weighted by Crippen LogP contribution is 2.40. The number of hydrogen-bond donors (Lipinski definition) is 2. The molecule has 2 aliphatic rings. The molecule has 0 bridgehead atoms. The zero-order valence-electron chi connectivity index (χ0n) is 17.2. The van der Waals surface area contributed by atoms with Gasteiger partial charge in [0, 0.05) is 37.3 Å². The first-order valence-corrected chi connectivity index (χ1v) is 10.4. The Labute approximate surface area is 176 Å². The summed E-state index contributed by atoms with van der Waals surface area (Å²) in [6.07, 6.45) is 1.79. The van der Waals surface area contributed by atoms with Gasteiger partial charge in [-0.05, 0) is 43.5 Å². The van der Waals surface area contributed by atoms with Crippen LogP contribution in [0.15, 0.2) is 47.5 Å². The van der Waals surface area contributed by atoms with Crippen LogP contribution in [0.25, 0.3) is 0 Å². The van der Waals surface area contributed by atoms with Gasteiger partial charge in [0.25, 0.3) is 0 Å². The first-order valence-electron chi connectivity index (χ1n) is 10.4. The number of hydrogen-bond acceptors (Lipinski definition) is 4. The lowest BCUT2D eigenvalue weighted by atomic mass is 9.74. The minimum absolute atomic E-state index is 0.104. The molecule has 0 radical (unpaired) electrons. The van der Waals surface area contributed by atoms with Crippen molar-refractivity contribution >= 4 is 5.96 Å². The molecule has 2 aromatic carbocycles. The van der Waals surface area contributed by atoms with Crippen LogP contribution >= 0.6 is 0 Å². The van der Waals surface area contributed by atoms with E-state index in [2.05, 4.69) is 27.8 Å². The molecule has 0 saturated carbocycles. The van der Waals surface area contributed by atoms with Crippen molar-refractivity contribution in [3.05, 3.63) is 59.4 Å². The van der Waals surface area contributed by atoms with Crippen LogP contribution in [0.4, 0.5) is 4.39 Å². The van der Waals surface area contributed by atoms with E-state index in [1.54, 1.807) is 12.1 Å². The van der Waals surface area contributed by atoms with E-state index in [0.29, 0.717) is 31.3 Å². The Balaban J connectivity index is 1.52. The molecular formula is C23H28FN3O3. The molecule has 0 spiro atoms. The van der Waals surface area contributed by atoms with Crippen molar-refractivity contribution in [2.45, 2.75) is 31.7 Å². The number of benzene rings is 2. The summed E-state index contributed by atoms with van der Waals surface area (Å²) in [5.74, 6) is 2.01. The molecule has 2 aliphatic heterocycles. The molecule has 2 heterocycles. The van der Waals surface area contributed by atoms with Gasteiger partial charge in [0.15, 0.2) is 17.5 Å². The van der Waals surface area contributed by atoms with Gasteiger partial charge in [-0.1, -0.05) is 24.3 Å². The smallest absolute Gasteiger partial charge is 0.231 e. The lowest BCUT2D eigenvalue weighted by molar-refractivity contribution is 0.0513. The van der Waals surface area contributed by atoms with Gasteiger partial charge >= 0.3 is 0 Å². The molecule has 0 aliphatic carbocycles. The first kappa shape index (κ1) is 20.5. The quantitative estimate of drug-likeness (QED) is 0.562. The molecule has 160 valence electrons. The van der Waals surface area contributed by atoms with Crippen molar-refractivity contribution in [3.8, 4) is 11.5 Å². The van der Waals surface area contributed by atoms with Crippen LogP contribution in [-0.4, -0.2) is 39.1 Å². The van der Waals surface area contributed by atoms with Crippen molar-refractivity contribution in [2.24, 2.45) is 4.99 Å². The predicted molar refractivity (Wildman–Crippen MR) is 114 cm³/mol. The fourth-order valence-corrected chi connectivity index (χ4v) is 3.94.